The van der Waals surface area contributed by atoms with Gasteiger partial charge in [-0.05, 0) is 48.3 Å². The fourth-order valence-electron chi connectivity index (χ4n) is 5.37. The minimum Gasteiger partial charge on any atom is -0.387 e. The van der Waals surface area contributed by atoms with Gasteiger partial charge in [0.1, 0.15) is 31.5 Å². The van der Waals surface area contributed by atoms with Gasteiger partial charge in [0.05, 0.1) is 12.1 Å². The molecule has 0 aliphatic heterocycles. The Morgan fingerprint density at radius 1 is 0.925 bits per heavy atom. The van der Waals surface area contributed by atoms with E-state index in [1.54, 1.807) is 11.0 Å². The first kappa shape index (κ1) is 28.3. The van der Waals surface area contributed by atoms with Gasteiger partial charge in [-0.15, -0.1) is 22.7 Å². The van der Waals surface area contributed by atoms with Crippen molar-refractivity contribution in [3.8, 4) is 0 Å². The van der Waals surface area contributed by atoms with Crippen LogP contribution in [0.15, 0.2) is 56.1 Å². The molecule has 1 aromatic carbocycles. The van der Waals surface area contributed by atoms with E-state index in [2.05, 4.69) is 23.9 Å². The van der Waals surface area contributed by atoms with Gasteiger partial charge < -0.3 is 5.11 Å². The van der Waals surface area contributed by atoms with Crippen LogP contribution in [0, 0.1) is 11.3 Å². The molecule has 5 aromatic rings. The van der Waals surface area contributed by atoms with E-state index in [9.17, 15) is 24.3 Å². The fraction of sp³-hybridized carbons (Fsp3) is 0.407. The summed E-state index contributed by atoms with van der Waals surface area (Å²) in [5.74, 6) is 0.202. The number of halogens is 1. The van der Waals surface area contributed by atoms with Crippen LogP contribution in [-0.4, -0.2) is 34.6 Å². The molecule has 6 rings (SSSR count). The number of hydrogen-bond acceptors (Lipinski definition) is 9. The van der Waals surface area contributed by atoms with Crippen molar-refractivity contribution >= 4 is 53.1 Å². The number of aromatic nitrogens is 5. The van der Waals surface area contributed by atoms with Gasteiger partial charge in [0, 0.05) is 19.1 Å². The van der Waals surface area contributed by atoms with Crippen molar-refractivity contribution in [3.05, 3.63) is 88.9 Å². The summed E-state index contributed by atoms with van der Waals surface area (Å²) in [6, 6.07) is 7.91. The lowest BCUT2D eigenvalue weighted by Gasteiger charge is -2.40. The van der Waals surface area contributed by atoms with E-state index < -0.39 is 27.8 Å². The van der Waals surface area contributed by atoms with Gasteiger partial charge in [-0.3, -0.25) is 33.0 Å². The van der Waals surface area contributed by atoms with Crippen molar-refractivity contribution in [3.63, 3.8) is 0 Å². The summed E-state index contributed by atoms with van der Waals surface area (Å²) < 4.78 is 4.68. The van der Waals surface area contributed by atoms with Crippen molar-refractivity contribution in [2.75, 3.05) is 0 Å². The molecule has 0 radical (unpaired) electrons. The minimum absolute atomic E-state index is 0.143. The van der Waals surface area contributed by atoms with Gasteiger partial charge in [-0.1, -0.05) is 37.6 Å². The average molecular weight is 602 g/mol. The van der Waals surface area contributed by atoms with Crippen molar-refractivity contribution in [1.82, 2.24) is 23.9 Å². The molecule has 4 aromatic heterocycles. The van der Waals surface area contributed by atoms with Crippen LogP contribution in [0.4, 0.5) is 0 Å². The second-order valence-corrected chi connectivity index (χ2v) is 13.3. The summed E-state index contributed by atoms with van der Waals surface area (Å²) in [4.78, 5) is 51.1. The first-order valence-electron chi connectivity index (χ1n) is 12.6. The lowest BCUT2D eigenvalue weighted by Crippen LogP contribution is -2.49. The number of hydrogen-bond donors (Lipinski definition) is 1. The van der Waals surface area contributed by atoms with Crippen molar-refractivity contribution < 1.29 is 5.11 Å². The zero-order valence-electron chi connectivity index (χ0n) is 22.4. The Bertz CT molecular complexity index is 1770. The van der Waals surface area contributed by atoms with Crippen LogP contribution in [-0.2, 0) is 27.1 Å². The number of rotatable bonds is 4. The Labute approximate surface area is 241 Å². The lowest BCUT2D eigenvalue weighted by molar-refractivity contribution is -0.0907. The highest BCUT2D eigenvalue weighted by molar-refractivity contribution is 7.36. The molecule has 10 nitrogen and oxygen atoms in total. The lowest BCUT2D eigenvalue weighted by atomic mass is 9.72. The molecule has 4 heterocycles. The van der Waals surface area contributed by atoms with Gasteiger partial charge in [0.15, 0.2) is 0 Å². The molecule has 0 spiro atoms. The summed E-state index contributed by atoms with van der Waals surface area (Å²) in [5.41, 5.74) is -1.41. The van der Waals surface area contributed by atoms with Gasteiger partial charge >= 0.3 is 0 Å². The zero-order valence-corrected chi connectivity index (χ0v) is 24.8. The summed E-state index contributed by atoms with van der Waals surface area (Å²) in [5, 5.41) is 16.4. The Balaban J connectivity index is 0.000000164. The third-order valence-electron chi connectivity index (χ3n) is 8.05. The van der Waals surface area contributed by atoms with Crippen molar-refractivity contribution in [2.24, 2.45) is 25.4 Å². The third-order valence-corrected chi connectivity index (χ3v) is 10.9. The molecule has 1 saturated carbocycles. The Morgan fingerprint density at radius 2 is 1.43 bits per heavy atom. The smallest absolute Gasteiger partial charge is 0.272 e. The highest BCUT2D eigenvalue weighted by atomic mass is 35.5. The van der Waals surface area contributed by atoms with Crippen molar-refractivity contribution in [1.29, 1.82) is 0 Å². The molecular weight excluding hydrogens is 574 g/mol. The second-order valence-electron chi connectivity index (χ2n) is 10.8. The molecule has 40 heavy (non-hydrogen) atoms. The van der Waals surface area contributed by atoms with Crippen LogP contribution in [0.25, 0.3) is 18.8 Å². The fourth-order valence-corrected chi connectivity index (χ4v) is 8.02. The van der Waals surface area contributed by atoms with E-state index in [1.165, 1.54) is 26.0 Å². The van der Waals surface area contributed by atoms with Gasteiger partial charge in [-0.2, -0.15) is 5.10 Å². The summed E-state index contributed by atoms with van der Waals surface area (Å²) >= 11 is 7.79. The van der Waals surface area contributed by atoms with Crippen LogP contribution in [0.2, 0.25) is 5.02 Å². The van der Waals surface area contributed by atoms with E-state index in [-0.39, 0.29) is 30.1 Å². The normalized spacial score (nSPS) is 20.2. The van der Waals surface area contributed by atoms with E-state index in [4.69, 9.17) is 11.6 Å². The highest BCUT2D eigenvalue weighted by Gasteiger charge is 2.54. The summed E-state index contributed by atoms with van der Waals surface area (Å²) in [6.45, 7) is 4.77. The molecule has 0 saturated heterocycles. The van der Waals surface area contributed by atoms with E-state index >= 15 is 0 Å². The molecule has 2 atom stereocenters. The molecule has 1 N–H and O–H groups in total. The number of aliphatic hydroxyl groups is 1. The van der Waals surface area contributed by atoms with E-state index in [0.29, 0.717) is 6.54 Å². The van der Waals surface area contributed by atoms with E-state index in [1.807, 2.05) is 24.3 Å². The standard InChI is InChI=1S/C17H22ClN3O.C10H6N2O4S2/c1-16(2)8-7-14(9-13-3-5-15(18)6-4-13)17(16,22)10-21-12-19-11-20-21;1-11-7(13)3-4(8(11)14)18-6-5(17-3)9(15)12(2)10(6)16/h3-6,11-12,14,22H,7-10H2,1-2H3;1-2H3. The maximum absolute atomic E-state index is 11.8. The van der Waals surface area contributed by atoms with Crippen LogP contribution < -0.4 is 22.2 Å². The predicted molar refractivity (Wildman–Crippen MR) is 158 cm³/mol. The molecule has 1 aliphatic rings. The molecule has 0 bridgehead atoms. The third kappa shape index (κ3) is 4.72. The quantitative estimate of drug-likeness (QED) is 0.335. The first-order chi connectivity index (χ1) is 18.8. The monoisotopic (exact) mass is 601 g/mol. The molecular formula is C27H28ClN5O5S2. The summed E-state index contributed by atoms with van der Waals surface area (Å²) in [6.07, 6.45) is 6.06. The highest BCUT2D eigenvalue weighted by Crippen LogP contribution is 2.51. The molecule has 1 aliphatic carbocycles. The molecule has 1 fully saturated rings. The average Bonchev–Trinajstić information content (AvgIpc) is 3.62. The second kappa shape index (κ2) is 10.3. The van der Waals surface area contributed by atoms with Crippen LogP contribution in [0.3, 0.4) is 0 Å². The van der Waals surface area contributed by atoms with Crippen LogP contribution in [0.5, 0.6) is 0 Å². The minimum atomic E-state index is -0.791. The Kier molecular flexibility index (Phi) is 7.32. The number of fused-ring (bicyclic) bond motifs is 2. The number of nitrogens with zero attached hydrogens (tertiary/aromatic N) is 5. The van der Waals surface area contributed by atoms with Gasteiger partial charge in [-0.25, -0.2) is 4.98 Å². The van der Waals surface area contributed by atoms with Crippen LogP contribution >= 0.6 is 34.3 Å². The molecule has 0 amide bonds. The maximum Gasteiger partial charge on any atom is 0.272 e. The van der Waals surface area contributed by atoms with Crippen molar-refractivity contribution in [2.45, 2.75) is 45.3 Å². The molecule has 13 heteroatoms. The maximum atomic E-state index is 11.8. The summed E-state index contributed by atoms with van der Waals surface area (Å²) in [7, 11) is 2.76. The van der Waals surface area contributed by atoms with Gasteiger partial charge in [0.2, 0.25) is 0 Å². The topological polar surface area (TPSA) is 129 Å². The number of benzene rings is 1. The first-order valence-corrected chi connectivity index (χ1v) is 14.6. The van der Waals surface area contributed by atoms with Gasteiger partial charge in [0.25, 0.3) is 22.2 Å². The Morgan fingerprint density at radius 3 is 1.88 bits per heavy atom. The molecule has 210 valence electrons. The Hall–Kier alpha value is -3.19. The zero-order chi connectivity index (χ0) is 29.0. The largest absolute Gasteiger partial charge is 0.387 e. The predicted octanol–water partition coefficient (Wildman–Crippen LogP) is 3.01. The van der Waals surface area contributed by atoms with E-state index in [0.717, 1.165) is 56.1 Å². The van der Waals surface area contributed by atoms with Crippen LogP contribution in [0.1, 0.15) is 32.3 Å². The SMILES string of the molecule is CC1(C)CCC(Cc2ccc(Cl)cc2)C1(O)Cn1cncn1.Cn1c(=O)c2sc3c(=O)n(C)c(=O)c3sc2c1=O. The molecule has 2 unspecified atom stereocenters.